The van der Waals surface area contributed by atoms with Crippen LogP contribution < -0.4 is 0 Å². The van der Waals surface area contributed by atoms with Gasteiger partial charge in [-0.15, -0.1) is 0 Å². The third kappa shape index (κ3) is 7.61. The molecule has 22 heavy (non-hydrogen) atoms. The van der Waals surface area contributed by atoms with E-state index in [0.717, 1.165) is 0 Å². The van der Waals surface area contributed by atoms with Crippen LogP contribution in [0.3, 0.4) is 0 Å². The van der Waals surface area contributed by atoms with Crippen molar-refractivity contribution in [1.29, 1.82) is 0 Å². The Morgan fingerprint density at radius 1 is 0.727 bits per heavy atom. The van der Waals surface area contributed by atoms with Gasteiger partial charge in [0.1, 0.15) is 0 Å². The van der Waals surface area contributed by atoms with Crippen LogP contribution in [0.25, 0.3) is 0 Å². The SMILES string of the molecule is CCOC(=O)C(F)(F)CCCCCCC(F)(F)C(=O)OCC. The second kappa shape index (κ2) is 9.63. The fraction of sp³-hybridized carbons (Fsp3) is 0.857. The summed E-state index contributed by atoms with van der Waals surface area (Å²) >= 11 is 0. The number of ether oxygens (including phenoxy) is 2. The van der Waals surface area contributed by atoms with Crippen molar-refractivity contribution in [3.05, 3.63) is 0 Å². The summed E-state index contributed by atoms with van der Waals surface area (Å²) in [5.74, 6) is -10.2. The van der Waals surface area contributed by atoms with Crippen molar-refractivity contribution in [3.8, 4) is 0 Å². The molecule has 0 aliphatic rings. The highest BCUT2D eigenvalue weighted by atomic mass is 19.3. The van der Waals surface area contributed by atoms with Gasteiger partial charge in [0.25, 0.3) is 0 Å². The first-order valence-electron chi connectivity index (χ1n) is 7.27. The van der Waals surface area contributed by atoms with E-state index in [9.17, 15) is 27.2 Å². The van der Waals surface area contributed by atoms with Crippen LogP contribution >= 0.6 is 0 Å². The molecule has 0 amide bonds. The molecule has 0 heterocycles. The fourth-order valence-electron chi connectivity index (χ4n) is 1.73. The Morgan fingerprint density at radius 3 is 1.32 bits per heavy atom. The molecule has 0 bridgehead atoms. The maximum Gasteiger partial charge on any atom is 0.376 e. The molecule has 0 saturated carbocycles. The lowest BCUT2D eigenvalue weighted by Gasteiger charge is -2.15. The van der Waals surface area contributed by atoms with Crippen LogP contribution in [0.2, 0.25) is 0 Å². The van der Waals surface area contributed by atoms with E-state index in [1.165, 1.54) is 13.8 Å². The van der Waals surface area contributed by atoms with Crippen LogP contribution in [0, 0.1) is 0 Å². The van der Waals surface area contributed by atoms with Gasteiger partial charge in [-0.3, -0.25) is 0 Å². The quantitative estimate of drug-likeness (QED) is 0.329. The molecule has 0 aliphatic carbocycles. The van der Waals surface area contributed by atoms with Crippen LogP contribution in [0.5, 0.6) is 0 Å². The Balaban J connectivity index is 3.90. The lowest BCUT2D eigenvalue weighted by molar-refractivity contribution is -0.173. The minimum atomic E-state index is -3.55. The van der Waals surface area contributed by atoms with Crippen LogP contribution in [0.15, 0.2) is 0 Å². The zero-order valence-electron chi connectivity index (χ0n) is 12.8. The van der Waals surface area contributed by atoms with Crippen molar-refractivity contribution < 1.29 is 36.6 Å². The largest absolute Gasteiger partial charge is 0.462 e. The van der Waals surface area contributed by atoms with E-state index in [-0.39, 0.29) is 38.9 Å². The molecule has 0 aromatic rings. The van der Waals surface area contributed by atoms with E-state index >= 15 is 0 Å². The van der Waals surface area contributed by atoms with Gasteiger partial charge in [-0.1, -0.05) is 12.8 Å². The van der Waals surface area contributed by atoms with Crippen LogP contribution in [0.1, 0.15) is 52.4 Å². The topological polar surface area (TPSA) is 52.6 Å². The molecule has 0 fully saturated rings. The molecule has 0 atom stereocenters. The van der Waals surface area contributed by atoms with E-state index in [1.54, 1.807) is 0 Å². The molecule has 0 rings (SSSR count). The van der Waals surface area contributed by atoms with Gasteiger partial charge in [-0.25, -0.2) is 9.59 Å². The Kier molecular flexibility index (Phi) is 9.04. The molecular weight excluding hydrogens is 308 g/mol. The first-order chi connectivity index (χ1) is 10.2. The number of halogens is 4. The standard InChI is InChI=1S/C14H22F4O4/c1-3-21-11(19)13(15,16)9-7-5-6-8-10-14(17,18)12(20)22-4-2/h3-10H2,1-2H3. The molecule has 0 aliphatic heterocycles. The van der Waals surface area contributed by atoms with Crippen molar-refractivity contribution in [2.24, 2.45) is 0 Å². The van der Waals surface area contributed by atoms with Gasteiger partial charge in [0.05, 0.1) is 13.2 Å². The Labute approximate surface area is 127 Å². The minimum Gasteiger partial charge on any atom is -0.462 e. The van der Waals surface area contributed by atoms with Gasteiger partial charge in [-0.2, -0.15) is 17.6 Å². The number of hydrogen-bond donors (Lipinski definition) is 0. The van der Waals surface area contributed by atoms with Gasteiger partial charge >= 0.3 is 23.8 Å². The molecule has 4 nitrogen and oxygen atoms in total. The smallest absolute Gasteiger partial charge is 0.376 e. The monoisotopic (exact) mass is 330 g/mol. The third-order valence-corrected chi connectivity index (χ3v) is 2.88. The summed E-state index contributed by atoms with van der Waals surface area (Å²) in [5.41, 5.74) is 0. The molecule has 8 heteroatoms. The van der Waals surface area contributed by atoms with Crippen molar-refractivity contribution in [3.63, 3.8) is 0 Å². The predicted molar refractivity (Wildman–Crippen MR) is 70.9 cm³/mol. The average Bonchev–Trinajstić information content (AvgIpc) is 2.43. The summed E-state index contributed by atoms with van der Waals surface area (Å²) < 4.78 is 61.4. The highest BCUT2D eigenvalue weighted by Gasteiger charge is 2.40. The lowest BCUT2D eigenvalue weighted by atomic mass is 10.1. The van der Waals surface area contributed by atoms with Gasteiger partial charge in [0.15, 0.2) is 0 Å². The number of unbranched alkanes of at least 4 members (excludes halogenated alkanes) is 3. The predicted octanol–water partition coefficient (Wildman–Crippen LogP) is 3.72. The van der Waals surface area contributed by atoms with E-state index in [1.807, 2.05) is 0 Å². The van der Waals surface area contributed by atoms with E-state index in [0.29, 0.717) is 0 Å². The average molecular weight is 330 g/mol. The highest BCUT2D eigenvalue weighted by molar-refractivity contribution is 5.77. The minimum absolute atomic E-state index is 0.0107. The fourth-order valence-corrected chi connectivity index (χ4v) is 1.73. The lowest BCUT2D eigenvalue weighted by Crippen LogP contribution is -2.31. The zero-order valence-corrected chi connectivity index (χ0v) is 12.8. The van der Waals surface area contributed by atoms with Crippen LogP contribution in [-0.2, 0) is 19.1 Å². The molecular formula is C14H22F4O4. The number of hydrogen-bond acceptors (Lipinski definition) is 4. The summed E-state index contributed by atoms with van der Waals surface area (Å²) in [7, 11) is 0. The van der Waals surface area contributed by atoms with Crippen molar-refractivity contribution in [2.75, 3.05) is 13.2 Å². The number of carbonyl (C=O) groups is 2. The van der Waals surface area contributed by atoms with Gasteiger partial charge in [0.2, 0.25) is 0 Å². The number of rotatable bonds is 11. The molecule has 0 unspecified atom stereocenters. The first kappa shape index (κ1) is 20.7. The third-order valence-electron chi connectivity index (χ3n) is 2.88. The molecule has 0 aromatic heterocycles. The maximum atomic E-state index is 13.2. The second-order valence-electron chi connectivity index (χ2n) is 4.76. The Hall–Kier alpha value is -1.34. The molecule has 0 saturated heterocycles. The molecule has 0 N–H and O–H groups in total. The van der Waals surface area contributed by atoms with Crippen LogP contribution in [0.4, 0.5) is 17.6 Å². The summed E-state index contributed by atoms with van der Waals surface area (Å²) in [6.07, 6.45) is -0.824. The summed E-state index contributed by atoms with van der Waals surface area (Å²) in [5, 5.41) is 0. The number of carbonyl (C=O) groups excluding carboxylic acids is 2. The molecule has 0 aromatic carbocycles. The highest BCUT2D eigenvalue weighted by Crippen LogP contribution is 2.26. The van der Waals surface area contributed by atoms with Crippen molar-refractivity contribution >= 4 is 11.9 Å². The Morgan fingerprint density at radius 2 is 1.05 bits per heavy atom. The number of esters is 2. The summed E-state index contributed by atoms with van der Waals surface area (Å²) in [6.45, 7) is 2.60. The molecule has 0 radical (unpaired) electrons. The van der Waals surface area contributed by atoms with E-state index < -0.39 is 36.6 Å². The van der Waals surface area contributed by atoms with Crippen molar-refractivity contribution in [1.82, 2.24) is 0 Å². The maximum absolute atomic E-state index is 13.2. The van der Waals surface area contributed by atoms with Crippen LogP contribution in [-0.4, -0.2) is 37.0 Å². The summed E-state index contributed by atoms with van der Waals surface area (Å²) in [4.78, 5) is 21.9. The van der Waals surface area contributed by atoms with Gasteiger partial charge in [-0.05, 0) is 26.7 Å². The van der Waals surface area contributed by atoms with Gasteiger partial charge in [0, 0.05) is 12.8 Å². The molecule has 0 spiro atoms. The Bertz CT molecular complexity index is 325. The molecule has 130 valence electrons. The second-order valence-corrected chi connectivity index (χ2v) is 4.76. The van der Waals surface area contributed by atoms with Gasteiger partial charge < -0.3 is 9.47 Å². The van der Waals surface area contributed by atoms with E-state index in [4.69, 9.17) is 0 Å². The number of alkyl halides is 4. The normalized spacial score (nSPS) is 12.1. The first-order valence-corrected chi connectivity index (χ1v) is 7.27. The zero-order chi connectivity index (χ0) is 17.2. The van der Waals surface area contributed by atoms with Crippen molar-refractivity contribution in [2.45, 2.75) is 64.2 Å². The summed E-state index contributed by atoms with van der Waals surface area (Å²) in [6, 6.07) is 0. The van der Waals surface area contributed by atoms with E-state index in [2.05, 4.69) is 9.47 Å².